The summed E-state index contributed by atoms with van der Waals surface area (Å²) in [5.74, 6) is -0.256. The molecule has 3 rings (SSSR count). The van der Waals surface area contributed by atoms with Crippen molar-refractivity contribution in [1.82, 2.24) is 9.38 Å². The van der Waals surface area contributed by atoms with Crippen molar-refractivity contribution in [2.75, 3.05) is 0 Å². The predicted octanol–water partition coefficient (Wildman–Crippen LogP) is 4.44. The number of fused-ring (bicyclic) bond motifs is 1. The molecule has 0 fully saturated rings. The summed E-state index contributed by atoms with van der Waals surface area (Å²) >= 11 is 6.27. The second-order valence-electron chi connectivity index (χ2n) is 4.40. The zero-order valence-corrected chi connectivity index (χ0v) is 11.1. The Morgan fingerprint density at radius 3 is 2.58 bits per heavy atom. The van der Waals surface area contributed by atoms with Gasteiger partial charge in [-0.15, -0.1) is 11.6 Å². The molecule has 2 aromatic heterocycles. The van der Waals surface area contributed by atoms with Crippen molar-refractivity contribution in [3.63, 3.8) is 0 Å². The number of imidazole rings is 1. The van der Waals surface area contributed by atoms with Crippen LogP contribution >= 0.6 is 11.6 Å². The maximum absolute atomic E-state index is 13.0. The molecule has 2 nitrogen and oxygen atoms in total. The lowest BCUT2D eigenvalue weighted by atomic mass is 10.1. The van der Waals surface area contributed by atoms with E-state index in [4.69, 9.17) is 11.6 Å². The van der Waals surface area contributed by atoms with Gasteiger partial charge in [0.15, 0.2) is 0 Å². The summed E-state index contributed by atoms with van der Waals surface area (Å²) < 4.78 is 15.0. The molecule has 1 unspecified atom stereocenters. The van der Waals surface area contributed by atoms with Gasteiger partial charge in [0.2, 0.25) is 0 Å². The molecular formula is C15H12ClFN2. The van der Waals surface area contributed by atoms with Crippen LogP contribution in [0.25, 0.3) is 16.9 Å². The Hall–Kier alpha value is -1.87. The van der Waals surface area contributed by atoms with E-state index in [-0.39, 0.29) is 11.2 Å². The number of pyridine rings is 1. The number of hydrogen-bond acceptors (Lipinski definition) is 1. The van der Waals surface area contributed by atoms with Gasteiger partial charge in [-0.25, -0.2) is 9.37 Å². The van der Waals surface area contributed by atoms with Gasteiger partial charge < -0.3 is 4.40 Å². The molecule has 0 saturated carbocycles. The van der Waals surface area contributed by atoms with Crippen LogP contribution in [0.2, 0.25) is 0 Å². The molecule has 0 spiro atoms. The highest BCUT2D eigenvalue weighted by molar-refractivity contribution is 6.20. The number of aromatic nitrogens is 2. The highest BCUT2D eigenvalue weighted by atomic mass is 35.5. The van der Waals surface area contributed by atoms with Crippen molar-refractivity contribution in [2.24, 2.45) is 0 Å². The van der Waals surface area contributed by atoms with E-state index in [0.29, 0.717) is 0 Å². The van der Waals surface area contributed by atoms with Crippen LogP contribution in [-0.2, 0) is 0 Å². The zero-order chi connectivity index (χ0) is 13.4. The maximum atomic E-state index is 13.0. The fourth-order valence-corrected chi connectivity index (χ4v) is 2.42. The Balaban J connectivity index is 2.28. The second kappa shape index (κ2) is 4.67. The molecule has 0 radical (unpaired) electrons. The lowest BCUT2D eigenvalue weighted by Gasteiger charge is -2.06. The molecule has 0 N–H and O–H groups in total. The minimum atomic E-state index is -0.256. The first-order valence-electron chi connectivity index (χ1n) is 6.04. The van der Waals surface area contributed by atoms with Crippen molar-refractivity contribution in [3.05, 3.63) is 60.2 Å². The van der Waals surface area contributed by atoms with Gasteiger partial charge in [-0.05, 0) is 43.3 Å². The fourth-order valence-electron chi connectivity index (χ4n) is 2.22. The van der Waals surface area contributed by atoms with E-state index >= 15 is 0 Å². The molecule has 4 heteroatoms. The molecular weight excluding hydrogens is 263 g/mol. The van der Waals surface area contributed by atoms with Crippen LogP contribution in [0.3, 0.4) is 0 Å². The molecule has 2 heterocycles. The number of rotatable bonds is 2. The predicted molar refractivity (Wildman–Crippen MR) is 74.9 cm³/mol. The zero-order valence-electron chi connectivity index (χ0n) is 10.3. The summed E-state index contributed by atoms with van der Waals surface area (Å²) in [6, 6.07) is 12.1. The Morgan fingerprint density at radius 1 is 1.16 bits per heavy atom. The number of nitrogens with zero attached hydrogens (tertiary/aromatic N) is 2. The van der Waals surface area contributed by atoms with Crippen LogP contribution in [0.15, 0.2) is 48.7 Å². The van der Waals surface area contributed by atoms with Crippen LogP contribution < -0.4 is 0 Å². The van der Waals surface area contributed by atoms with Crippen molar-refractivity contribution < 1.29 is 4.39 Å². The van der Waals surface area contributed by atoms with Gasteiger partial charge in [-0.1, -0.05) is 6.07 Å². The third-order valence-corrected chi connectivity index (χ3v) is 3.27. The van der Waals surface area contributed by atoms with E-state index in [9.17, 15) is 4.39 Å². The summed E-state index contributed by atoms with van der Waals surface area (Å²) in [5.41, 5.74) is 3.43. The Bertz CT molecular complexity index is 717. The summed E-state index contributed by atoms with van der Waals surface area (Å²) in [6.45, 7) is 1.91. The van der Waals surface area contributed by atoms with Crippen molar-refractivity contribution in [2.45, 2.75) is 12.3 Å². The highest BCUT2D eigenvalue weighted by Crippen LogP contribution is 2.31. The smallest absolute Gasteiger partial charge is 0.137 e. The van der Waals surface area contributed by atoms with Crippen LogP contribution in [0.1, 0.15) is 18.0 Å². The molecule has 1 atom stereocenters. The monoisotopic (exact) mass is 274 g/mol. The molecule has 0 aliphatic heterocycles. The summed E-state index contributed by atoms with van der Waals surface area (Å²) in [7, 11) is 0. The Morgan fingerprint density at radius 2 is 1.89 bits per heavy atom. The lowest BCUT2D eigenvalue weighted by Crippen LogP contribution is -1.94. The molecule has 0 saturated heterocycles. The van der Waals surface area contributed by atoms with Gasteiger partial charge in [0.25, 0.3) is 0 Å². The standard InChI is InChI=1S/C15H12ClFN2/c1-10(16)15-14(11-5-7-12(17)8-6-11)18-13-4-2-3-9-19(13)15/h2-10H,1H3. The van der Waals surface area contributed by atoms with E-state index in [1.54, 1.807) is 12.1 Å². The van der Waals surface area contributed by atoms with Crippen molar-refractivity contribution in [3.8, 4) is 11.3 Å². The first-order chi connectivity index (χ1) is 9.16. The maximum Gasteiger partial charge on any atom is 0.137 e. The van der Waals surface area contributed by atoms with Crippen molar-refractivity contribution >= 4 is 17.2 Å². The van der Waals surface area contributed by atoms with Crippen LogP contribution in [-0.4, -0.2) is 9.38 Å². The first-order valence-corrected chi connectivity index (χ1v) is 6.47. The van der Waals surface area contributed by atoms with E-state index < -0.39 is 0 Å². The summed E-state index contributed by atoms with van der Waals surface area (Å²) in [6.07, 6.45) is 1.93. The SMILES string of the molecule is CC(Cl)c1c(-c2ccc(F)cc2)nc2ccccn12. The molecule has 0 bridgehead atoms. The molecule has 96 valence electrons. The van der Waals surface area contributed by atoms with Gasteiger partial charge in [-0.2, -0.15) is 0 Å². The number of benzene rings is 1. The highest BCUT2D eigenvalue weighted by Gasteiger charge is 2.17. The van der Waals surface area contributed by atoms with Gasteiger partial charge in [0.05, 0.1) is 16.8 Å². The van der Waals surface area contributed by atoms with Crippen LogP contribution in [0, 0.1) is 5.82 Å². The van der Waals surface area contributed by atoms with Crippen molar-refractivity contribution in [1.29, 1.82) is 0 Å². The van der Waals surface area contributed by atoms with Gasteiger partial charge in [0.1, 0.15) is 11.5 Å². The normalized spacial score (nSPS) is 12.8. The van der Waals surface area contributed by atoms with E-state index in [2.05, 4.69) is 4.98 Å². The number of hydrogen-bond donors (Lipinski definition) is 0. The average Bonchev–Trinajstić information content (AvgIpc) is 2.78. The molecule has 0 amide bonds. The van der Waals surface area contributed by atoms with Gasteiger partial charge >= 0.3 is 0 Å². The van der Waals surface area contributed by atoms with E-state index in [1.165, 1.54) is 12.1 Å². The fraction of sp³-hybridized carbons (Fsp3) is 0.133. The molecule has 19 heavy (non-hydrogen) atoms. The third kappa shape index (κ3) is 2.10. The molecule has 3 aromatic rings. The number of alkyl halides is 1. The number of halogens is 2. The van der Waals surface area contributed by atoms with Gasteiger partial charge in [0, 0.05) is 11.8 Å². The summed E-state index contributed by atoms with van der Waals surface area (Å²) in [5, 5.41) is -0.183. The quantitative estimate of drug-likeness (QED) is 0.632. The largest absolute Gasteiger partial charge is 0.302 e. The topological polar surface area (TPSA) is 17.3 Å². The Labute approximate surface area is 115 Å². The molecule has 1 aromatic carbocycles. The van der Waals surface area contributed by atoms with E-state index in [0.717, 1.165) is 22.6 Å². The minimum Gasteiger partial charge on any atom is -0.302 e. The minimum absolute atomic E-state index is 0.183. The van der Waals surface area contributed by atoms with Crippen LogP contribution in [0.4, 0.5) is 4.39 Å². The van der Waals surface area contributed by atoms with Gasteiger partial charge in [-0.3, -0.25) is 0 Å². The molecule has 0 aliphatic carbocycles. The van der Waals surface area contributed by atoms with E-state index in [1.807, 2.05) is 35.7 Å². The summed E-state index contributed by atoms with van der Waals surface area (Å²) in [4.78, 5) is 4.59. The first kappa shape index (κ1) is 12.2. The second-order valence-corrected chi connectivity index (χ2v) is 5.05. The lowest BCUT2D eigenvalue weighted by molar-refractivity contribution is 0.628. The molecule has 0 aliphatic rings. The third-order valence-electron chi connectivity index (χ3n) is 3.06. The average molecular weight is 275 g/mol. The van der Waals surface area contributed by atoms with Crippen LogP contribution in [0.5, 0.6) is 0 Å². The Kier molecular flexibility index (Phi) is 2.99.